The molecule has 0 aliphatic heterocycles. The summed E-state index contributed by atoms with van der Waals surface area (Å²) in [5.74, 6) is 0.737. The number of ether oxygens (including phenoxy) is 1. The highest BCUT2D eigenvalue weighted by atomic mass is 32.2. The Kier molecular flexibility index (Phi) is 7.83. The molecule has 0 fully saturated rings. The molecule has 0 aliphatic carbocycles. The summed E-state index contributed by atoms with van der Waals surface area (Å²) in [6.45, 7) is 9.34. The number of esters is 1. The summed E-state index contributed by atoms with van der Waals surface area (Å²) in [5.41, 5.74) is 0.239. The molecule has 1 N–H and O–H groups in total. The van der Waals surface area contributed by atoms with Crippen LogP contribution >= 0.6 is 11.8 Å². The zero-order valence-corrected chi connectivity index (χ0v) is 14.3. The van der Waals surface area contributed by atoms with E-state index in [9.17, 15) is 4.79 Å². The van der Waals surface area contributed by atoms with E-state index in [1.807, 2.05) is 55.9 Å². The van der Waals surface area contributed by atoms with E-state index in [-0.39, 0.29) is 5.97 Å². The normalized spacial score (nSPS) is 14.0. The molecule has 0 saturated carbocycles. The fourth-order valence-electron chi connectivity index (χ4n) is 2.35. The number of rotatable bonds is 9. The van der Waals surface area contributed by atoms with Gasteiger partial charge in [0.25, 0.3) is 0 Å². The quantitative estimate of drug-likeness (QED) is 0.708. The molecule has 3 nitrogen and oxygen atoms in total. The Bertz CT molecular complexity index is 422. The van der Waals surface area contributed by atoms with Gasteiger partial charge in [-0.05, 0) is 36.5 Å². The Morgan fingerprint density at radius 1 is 1.29 bits per heavy atom. The molecule has 21 heavy (non-hydrogen) atoms. The Hall–Kier alpha value is -1.00. The van der Waals surface area contributed by atoms with E-state index in [4.69, 9.17) is 4.74 Å². The molecule has 1 atom stereocenters. The van der Waals surface area contributed by atoms with Crippen LogP contribution in [0.5, 0.6) is 0 Å². The van der Waals surface area contributed by atoms with Crippen molar-refractivity contribution in [1.29, 1.82) is 0 Å². The number of hydrogen-bond acceptors (Lipinski definition) is 4. The molecule has 0 amide bonds. The van der Waals surface area contributed by atoms with E-state index in [2.05, 4.69) is 19.2 Å². The predicted octanol–water partition coefficient (Wildman–Crippen LogP) is 3.59. The third kappa shape index (κ3) is 5.04. The third-order valence-electron chi connectivity index (χ3n) is 3.30. The van der Waals surface area contributed by atoms with E-state index < -0.39 is 5.54 Å². The second kappa shape index (κ2) is 9.11. The minimum Gasteiger partial charge on any atom is -0.464 e. The van der Waals surface area contributed by atoms with Gasteiger partial charge in [-0.15, -0.1) is 0 Å². The van der Waals surface area contributed by atoms with Gasteiger partial charge < -0.3 is 4.74 Å². The number of nitrogens with one attached hydrogen (secondary N) is 1. The number of carbonyl (C=O) groups excluding carboxylic acids is 1. The van der Waals surface area contributed by atoms with E-state index in [0.717, 1.165) is 24.3 Å². The van der Waals surface area contributed by atoms with Crippen LogP contribution in [0.2, 0.25) is 0 Å². The Morgan fingerprint density at radius 2 is 1.95 bits per heavy atom. The molecule has 0 saturated heterocycles. The largest absolute Gasteiger partial charge is 0.464 e. The van der Waals surface area contributed by atoms with E-state index in [0.29, 0.717) is 11.9 Å². The monoisotopic (exact) mass is 309 g/mol. The molecule has 1 unspecified atom stereocenters. The number of carbonyl (C=O) groups is 1. The van der Waals surface area contributed by atoms with Crippen molar-refractivity contribution in [3.8, 4) is 0 Å². The predicted molar refractivity (Wildman–Crippen MR) is 90.6 cm³/mol. The lowest BCUT2D eigenvalue weighted by molar-refractivity contribution is -0.152. The Balaban J connectivity index is 3.06. The van der Waals surface area contributed by atoms with Gasteiger partial charge in [0.15, 0.2) is 0 Å². The van der Waals surface area contributed by atoms with Crippen LogP contribution in [0.15, 0.2) is 30.3 Å². The Labute approximate surface area is 132 Å². The number of thioether (sulfide) groups is 1. The molecule has 0 bridgehead atoms. The molecule has 0 aliphatic rings. The van der Waals surface area contributed by atoms with Crippen molar-refractivity contribution in [1.82, 2.24) is 5.32 Å². The maximum atomic E-state index is 12.6. The summed E-state index contributed by atoms with van der Waals surface area (Å²) in [5, 5.41) is 3.94. The Morgan fingerprint density at radius 3 is 2.48 bits per heavy atom. The smallest absolute Gasteiger partial charge is 0.331 e. The van der Waals surface area contributed by atoms with E-state index >= 15 is 0 Å². The van der Waals surface area contributed by atoms with Crippen molar-refractivity contribution in [2.45, 2.75) is 44.9 Å². The highest BCUT2D eigenvalue weighted by Crippen LogP contribution is 2.29. The van der Waals surface area contributed by atoms with Gasteiger partial charge in [-0.1, -0.05) is 51.1 Å². The van der Waals surface area contributed by atoms with Gasteiger partial charge in [0.1, 0.15) is 5.54 Å². The molecule has 0 radical (unpaired) electrons. The molecule has 1 aromatic rings. The number of likely N-dealkylation sites (N-methyl/N-ethyl adjacent to an activating group) is 1. The first-order chi connectivity index (χ1) is 10.1. The average Bonchev–Trinajstić information content (AvgIpc) is 2.47. The number of hydrogen-bond donors (Lipinski definition) is 1. The molecular formula is C17H27NO2S. The lowest BCUT2D eigenvalue weighted by atomic mass is 9.87. The summed E-state index contributed by atoms with van der Waals surface area (Å²) in [4.78, 5) is 12.6. The van der Waals surface area contributed by atoms with Crippen LogP contribution in [0.1, 0.15) is 39.7 Å². The highest BCUT2D eigenvalue weighted by Gasteiger charge is 2.40. The van der Waals surface area contributed by atoms with Crippen LogP contribution < -0.4 is 5.32 Å². The van der Waals surface area contributed by atoms with Crippen LogP contribution in [0.25, 0.3) is 0 Å². The molecule has 1 aromatic carbocycles. The summed E-state index contributed by atoms with van der Waals surface area (Å²) in [6.07, 6.45) is 0.729. The lowest BCUT2D eigenvalue weighted by Crippen LogP contribution is -2.50. The van der Waals surface area contributed by atoms with E-state index in [1.165, 1.54) is 0 Å². The molecule has 1 rings (SSSR count). The van der Waals surface area contributed by atoms with Gasteiger partial charge in [-0.2, -0.15) is 11.8 Å². The second-order valence-electron chi connectivity index (χ2n) is 5.19. The van der Waals surface area contributed by atoms with Gasteiger partial charge in [0, 0.05) is 0 Å². The summed E-state index contributed by atoms with van der Waals surface area (Å²) < 4.78 is 5.36. The molecule has 0 aromatic heterocycles. The van der Waals surface area contributed by atoms with Crippen LogP contribution in [-0.4, -0.2) is 30.1 Å². The summed E-state index contributed by atoms with van der Waals surface area (Å²) in [7, 11) is 0. The minimum absolute atomic E-state index is 0.178. The highest BCUT2D eigenvalue weighted by molar-refractivity contribution is 7.99. The molecule has 118 valence electrons. The zero-order chi connectivity index (χ0) is 15.7. The van der Waals surface area contributed by atoms with Crippen LogP contribution in [0.4, 0.5) is 0 Å². The lowest BCUT2D eigenvalue weighted by Gasteiger charge is -2.33. The first-order valence-corrected chi connectivity index (χ1v) is 8.71. The molecule has 4 heteroatoms. The average molecular weight is 309 g/mol. The van der Waals surface area contributed by atoms with Gasteiger partial charge in [0.2, 0.25) is 0 Å². The van der Waals surface area contributed by atoms with Crippen LogP contribution in [0, 0.1) is 0 Å². The molecule has 0 heterocycles. The topological polar surface area (TPSA) is 38.3 Å². The fourth-order valence-corrected chi connectivity index (χ4v) is 3.25. The third-order valence-corrected chi connectivity index (χ3v) is 4.40. The SMILES string of the molecule is CCNC(CCSC(C)C)(C(=O)OCC)c1ccccc1. The standard InChI is InChI=1S/C17H27NO2S/c1-5-18-17(16(19)20-6-2,12-13-21-14(3)4)15-10-8-7-9-11-15/h7-11,14,18H,5-6,12-13H2,1-4H3. The van der Waals surface area contributed by atoms with Crippen molar-refractivity contribution in [2.24, 2.45) is 0 Å². The second-order valence-corrected chi connectivity index (χ2v) is 6.88. The van der Waals surface area contributed by atoms with Gasteiger partial charge in [0.05, 0.1) is 6.61 Å². The molecular weight excluding hydrogens is 282 g/mol. The minimum atomic E-state index is -0.742. The van der Waals surface area contributed by atoms with Crippen LogP contribution in [-0.2, 0) is 15.1 Å². The van der Waals surface area contributed by atoms with Crippen molar-refractivity contribution >= 4 is 17.7 Å². The van der Waals surface area contributed by atoms with Crippen molar-refractivity contribution in [3.63, 3.8) is 0 Å². The van der Waals surface area contributed by atoms with Gasteiger partial charge in [-0.25, -0.2) is 4.79 Å². The van der Waals surface area contributed by atoms with Crippen LogP contribution in [0.3, 0.4) is 0 Å². The van der Waals surface area contributed by atoms with E-state index in [1.54, 1.807) is 0 Å². The molecule has 0 spiro atoms. The van der Waals surface area contributed by atoms with Gasteiger partial charge >= 0.3 is 5.97 Å². The van der Waals surface area contributed by atoms with Gasteiger partial charge in [-0.3, -0.25) is 5.32 Å². The number of benzene rings is 1. The summed E-state index contributed by atoms with van der Waals surface area (Å²) >= 11 is 1.87. The fraction of sp³-hybridized carbons (Fsp3) is 0.588. The maximum Gasteiger partial charge on any atom is 0.331 e. The maximum absolute atomic E-state index is 12.6. The van der Waals surface area contributed by atoms with Crippen molar-refractivity contribution in [3.05, 3.63) is 35.9 Å². The first kappa shape index (κ1) is 18.1. The van der Waals surface area contributed by atoms with Crippen molar-refractivity contribution < 1.29 is 9.53 Å². The zero-order valence-electron chi connectivity index (χ0n) is 13.5. The summed E-state index contributed by atoms with van der Waals surface area (Å²) in [6, 6.07) is 9.90. The first-order valence-electron chi connectivity index (χ1n) is 7.66. The van der Waals surface area contributed by atoms with Crippen molar-refractivity contribution in [2.75, 3.05) is 18.9 Å².